The molecule has 1 fully saturated rings. The quantitative estimate of drug-likeness (QED) is 0.189. The molecular weight excluding hydrogens is 678 g/mol. The molecule has 0 radical (unpaired) electrons. The highest BCUT2D eigenvalue weighted by molar-refractivity contribution is 5.82. The zero-order valence-electron chi connectivity index (χ0n) is 27.7. The van der Waals surface area contributed by atoms with Crippen LogP contribution in [0.3, 0.4) is 0 Å². The molecule has 0 saturated carbocycles. The van der Waals surface area contributed by atoms with E-state index in [0.29, 0.717) is 30.8 Å². The molecule has 2 N–H and O–H groups in total. The first-order valence-corrected chi connectivity index (χ1v) is 15.9. The fraction of sp³-hybridized carbons (Fsp3) is 0.457. The Morgan fingerprint density at radius 2 is 1.60 bits per heavy atom. The minimum atomic E-state index is -5.29. The highest BCUT2D eigenvalue weighted by atomic mass is 19.4. The van der Waals surface area contributed by atoms with Gasteiger partial charge in [0.1, 0.15) is 17.7 Å². The second-order valence-electron chi connectivity index (χ2n) is 13.0. The first-order valence-electron chi connectivity index (χ1n) is 15.9. The summed E-state index contributed by atoms with van der Waals surface area (Å²) in [6.07, 6.45) is -9.73. The van der Waals surface area contributed by atoms with Crippen molar-refractivity contribution in [2.75, 3.05) is 19.6 Å². The number of halogens is 8. The third-order valence-electron chi connectivity index (χ3n) is 8.82. The third kappa shape index (κ3) is 8.71. The molecule has 0 spiro atoms. The molecule has 1 unspecified atom stereocenters. The smallest absolute Gasteiger partial charge is 0.419 e. The second-order valence-corrected chi connectivity index (χ2v) is 13.0. The minimum Gasteiger partial charge on any atom is -0.481 e. The van der Waals surface area contributed by atoms with Crippen molar-refractivity contribution in [3.63, 3.8) is 0 Å². The Hall–Kier alpha value is -4.27. The zero-order valence-corrected chi connectivity index (χ0v) is 27.7. The van der Waals surface area contributed by atoms with E-state index in [0.717, 1.165) is 29.3 Å². The van der Waals surface area contributed by atoms with Gasteiger partial charge in [0.2, 0.25) is 5.91 Å². The van der Waals surface area contributed by atoms with Gasteiger partial charge in [-0.1, -0.05) is 19.9 Å². The average molecular weight is 716 g/mol. The van der Waals surface area contributed by atoms with Gasteiger partial charge in [0.25, 0.3) is 5.56 Å². The number of rotatable bonds is 12. The topological polar surface area (TPSA) is 91.6 Å². The van der Waals surface area contributed by atoms with Gasteiger partial charge in [0.05, 0.1) is 23.6 Å². The van der Waals surface area contributed by atoms with E-state index < -0.39 is 76.6 Å². The van der Waals surface area contributed by atoms with Crippen LogP contribution in [0, 0.1) is 31.4 Å². The number of benzene rings is 2. The number of hydrogen-bond acceptors (Lipinski definition) is 4. The summed E-state index contributed by atoms with van der Waals surface area (Å²) in [6.45, 7) is 7.73. The number of amides is 1. The fourth-order valence-corrected chi connectivity index (χ4v) is 6.17. The van der Waals surface area contributed by atoms with Crippen molar-refractivity contribution in [3.05, 3.63) is 91.9 Å². The number of aromatic nitrogens is 1. The van der Waals surface area contributed by atoms with Crippen LogP contribution in [0.5, 0.6) is 0 Å². The van der Waals surface area contributed by atoms with Crippen LogP contribution in [0.15, 0.2) is 41.3 Å². The highest BCUT2D eigenvalue weighted by Crippen LogP contribution is 2.40. The van der Waals surface area contributed by atoms with Crippen LogP contribution in [0.25, 0.3) is 11.1 Å². The maximum absolute atomic E-state index is 15.8. The molecule has 0 bridgehead atoms. The molecule has 2 atom stereocenters. The minimum absolute atomic E-state index is 0.00287. The summed E-state index contributed by atoms with van der Waals surface area (Å²) in [6, 6.07) is 0.668. The van der Waals surface area contributed by atoms with Crippen molar-refractivity contribution < 1.29 is 49.8 Å². The Morgan fingerprint density at radius 3 is 2.14 bits per heavy atom. The Balaban J connectivity index is 1.85. The van der Waals surface area contributed by atoms with Crippen LogP contribution >= 0.6 is 0 Å². The van der Waals surface area contributed by atoms with Gasteiger partial charge in [-0.2, -0.15) is 26.3 Å². The van der Waals surface area contributed by atoms with Crippen LogP contribution in [-0.4, -0.2) is 46.1 Å². The number of aliphatic carboxylic acids is 1. The van der Waals surface area contributed by atoms with Crippen LogP contribution < -0.4 is 10.9 Å². The Kier molecular flexibility index (Phi) is 11.5. The number of nitrogens with one attached hydrogen (secondary N) is 1. The summed E-state index contributed by atoms with van der Waals surface area (Å²) in [5.74, 6) is -5.76. The van der Waals surface area contributed by atoms with Gasteiger partial charge in [-0.15, -0.1) is 0 Å². The van der Waals surface area contributed by atoms with Gasteiger partial charge in [0.15, 0.2) is 0 Å². The summed E-state index contributed by atoms with van der Waals surface area (Å²) in [5, 5.41) is 12.0. The lowest BCUT2D eigenvalue weighted by Gasteiger charge is -2.31. The van der Waals surface area contributed by atoms with Gasteiger partial charge >= 0.3 is 18.3 Å². The number of pyridine rings is 1. The summed E-state index contributed by atoms with van der Waals surface area (Å²) in [7, 11) is 0. The maximum Gasteiger partial charge on any atom is 0.419 e. The average Bonchev–Trinajstić information content (AvgIpc) is 2.96. The number of nitrogens with zero attached hydrogens (tertiary/aromatic N) is 2. The fourth-order valence-electron chi connectivity index (χ4n) is 6.17. The summed E-state index contributed by atoms with van der Waals surface area (Å²) in [5.41, 5.74) is -5.31. The Morgan fingerprint density at radius 1 is 0.960 bits per heavy atom. The Labute approximate surface area is 282 Å². The summed E-state index contributed by atoms with van der Waals surface area (Å²) in [4.78, 5) is 41.0. The van der Waals surface area contributed by atoms with E-state index in [1.54, 1.807) is 13.8 Å². The van der Waals surface area contributed by atoms with E-state index >= 15 is 4.39 Å². The summed E-state index contributed by atoms with van der Waals surface area (Å²) >= 11 is 0. The number of aryl methyl sites for hydroxylation is 1. The molecule has 4 rings (SSSR count). The molecule has 0 aliphatic carbocycles. The third-order valence-corrected chi connectivity index (χ3v) is 8.82. The van der Waals surface area contributed by atoms with Crippen LogP contribution in [-0.2, 0) is 28.4 Å². The van der Waals surface area contributed by atoms with Crippen molar-refractivity contribution >= 4 is 11.9 Å². The van der Waals surface area contributed by atoms with Crippen LogP contribution in [0.4, 0.5) is 35.1 Å². The molecule has 272 valence electrons. The van der Waals surface area contributed by atoms with E-state index in [9.17, 15) is 50.2 Å². The van der Waals surface area contributed by atoms with Crippen LogP contribution in [0.1, 0.15) is 78.6 Å². The normalized spacial score (nSPS) is 15.1. The van der Waals surface area contributed by atoms with Gasteiger partial charge in [-0.25, -0.2) is 8.78 Å². The lowest BCUT2D eigenvalue weighted by atomic mass is 9.89. The highest BCUT2D eigenvalue weighted by Gasteiger charge is 2.39. The number of carboxylic acids is 1. The number of carbonyl (C=O) groups is 2. The van der Waals surface area contributed by atoms with Gasteiger partial charge in [-0.3, -0.25) is 14.4 Å². The first-order chi connectivity index (χ1) is 23.2. The van der Waals surface area contributed by atoms with Gasteiger partial charge in [-0.05, 0) is 98.1 Å². The van der Waals surface area contributed by atoms with Crippen molar-refractivity contribution in [3.8, 4) is 11.1 Å². The van der Waals surface area contributed by atoms with Crippen molar-refractivity contribution in [1.82, 2.24) is 14.8 Å². The molecule has 1 aliphatic heterocycles. The molecule has 15 heteroatoms. The molecule has 1 aromatic heterocycles. The SMILES string of the molecule is Cc1ccc(F)c(C)c1-c1cc([C@H](CC(=O)O)NC(=O)C(CC(C)C)n2cc(CCN3CCC3)c(C(F)(F)F)cc2=O)c(F)c(C(F)(F)F)c1. The number of hydrogen-bond donors (Lipinski definition) is 2. The van der Waals surface area contributed by atoms with E-state index in [4.69, 9.17) is 0 Å². The molecule has 2 aromatic carbocycles. The van der Waals surface area contributed by atoms with E-state index in [1.807, 2.05) is 4.90 Å². The largest absolute Gasteiger partial charge is 0.481 e. The molecule has 1 saturated heterocycles. The molecule has 2 heterocycles. The summed E-state index contributed by atoms with van der Waals surface area (Å²) < 4.78 is 116. The van der Waals surface area contributed by atoms with Crippen molar-refractivity contribution in [2.24, 2.45) is 5.92 Å². The predicted octanol–water partition coefficient (Wildman–Crippen LogP) is 7.62. The van der Waals surface area contributed by atoms with Gasteiger partial charge in [0, 0.05) is 24.4 Å². The van der Waals surface area contributed by atoms with Crippen LogP contribution in [0.2, 0.25) is 0 Å². The number of alkyl halides is 6. The lowest BCUT2D eigenvalue weighted by molar-refractivity contribution is -0.140. The van der Waals surface area contributed by atoms with Gasteiger partial charge < -0.3 is 19.9 Å². The number of carboxylic acid groups (broad SMARTS) is 1. The molecule has 50 heavy (non-hydrogen) atoms. The number of carbonyl (C=O) groups excluding carboxylic acids is 1. The van der Waals surface area contributed by atoms with Crippen molar-refractivity contribution in [1.29, 1.82) is 0 Å². The molecule has 7 nitrogen and oxygen atoms in total. The first kappa shape index (κ1) is 38.5. The van der Waals surface area contributed by atoms with E-state index in [1.165, 1.54) is 19.9 Å². The molecule has 3 aromatic rings. The second kappa shape index (κ2) is 14.9. The zero-order chi connectivity index (χ0) is 37.3. The van der Waals surface area contributed by atoms with E-state index in [-0.39, 0.29) is 47.6 Å². The predicted molar refractivity (Wildman–Crippen MR) is 168 cm³/mol. The van der Waals surface area contributed by atoms with Crippen molar-refractivity contribution in [2.45, 2.75) is 77.8 Å². The Bertz CT molecular complexity index is 1810. The lowest BCUT2D eigenvalue weighted by Crippen LogP contribution is -2.41. The monoisotopic (exact) mass is 715 g/mol. The standard InChI is InChI=1S/C35H37F8N3O4/c1-18(2)12-28(46-17-21(8-11-45-9-5-10-45)24(15-29(46)47)34(38,39)40)33(50)44-27(16-30(48)49)23-13-22(14-25(32(23)37)35(41,42)43)31-19(3)6-7-26(36)20(31)4/h6-7,13-15,17-18,27-28H,5,8-12,16H2,1-4H3,(H,44,50)(H,48,49)/t27-,28?/m0/s1. The molecule has 1 aliphatic rings. The van der Waals surface area contributed by atoms with E-state index in [2.05, 4.69) is 5.32 Å². The number of likely N-dealkylation sites (tertiary alicyclic amines) is 1. The molecule has 1 amide bonds. The molecular formula is C35H37F8N3O4. The maximum atomic E-state index is 15.8.